The van der Waals surface area contributed by atoms with Gasteiger partial charge in [0, 0.05) is 24.4 Å². The van der Waals surface area contributed by atoms with Crippen molar-refractivity contribution in [2.75, 3.05) is 26.2 Å². The number of halogens is 1. The van der Waals surface area contributed by atoms with Crippen LogP contribution in [0.15, 0.2) is 12.1 Å². The van der Waals surface area contributed by atoms with Gasteiger partial charge in [0.1, 0.15) is 0 Å². The number of likely N-dealkylation sites (N-methyl/N-ethyl adjacent to an activating group) is 1. The molecule has 0 aromatic carbocycles. The van der Waals surface area contributed by atoms with Crippen molar-refractivity contribution in [1.82, 2.24) is 4.90 Å². The lowest BCUT2D eigenvalue weighted by atomic mass is 10.1. The van der Waals surface area contributed by atoms with E-state index in [1.54, 1.807) is 0 Å². The third-order valence-electron chi connectivity index (χ3n) is 3.09. The summed E-state index contributed by atoms with van der Waals surface area (Å²) >= 11 is 7.40. The standard InChI is InChI=1S/C12H18ClNO2S/c1-2-14-5-6-16-11(8-14)10(15)7-9-3-4-12(13)17-9/h3-4,10-11,15H,2,5-8H2,1H3. The van der Waals surface area contributed by atoms with Crippen LogP contribution in [0.25, 0.3) is 0 Å². The predicted molar refractivity (Wildman–Crippen MR) is 70.9 cm³/mol. The molecule has 0 aliphatic carbocycles. The highest BCUT2D eigenvalue weighted by atomic mass is 35.5. The molecule has 1 fully saturated rings. The van der Waals surface area contributed by atoms with Crippen LogP contribution in [0.4, 0.5) is 0 Å². The van der Waals surface area contributed by atoms with Crippen molar-refractivity contribution in [2.45, 2.75) is 25.6 Å². The Kier molecular flexibility index (Phi) is 4.82. The quantitative estimate of drug-likeness (QED) is 0.913. The monoisotopic (exact) mass is 275 g/mol. The van der Waals surface area contributed by atoms with Crippen LogP contribution in [0.3, 0.4) is 0 Å². The number of aliphatic hydroxyl groups excluding tert-OH is 1. The highest BCUT2D eigenvalue weighted by Crippen LogP contribution is 2.24. The number of hydrogen-bond acceptors (Lipinski definition) is 4. The van der Waals surface area contributed by atoms with E-state index in [0.29, 0.717) is 13.0 Å². The minimum Gasteiger partial charge on any atom is -0.390 e. The predicted octanol–water partition coefficient (Wildman–Crippen LogP) is 2.03. The van der Waals surface area contributed by atoms with Gasteiger partial charge < -0.3 is 9.84 Å². The van der Waals surface area contributed by atoms with E-state index in [1.165, 1.54) is 11.3 Å². The molecule has 1 aromatic heterocycles. The largest absolute Gasteiger partial charge is 0.390 e. The number of thiophene rings is 1. The van der Waals surface area contributed by atoms with Crippen LogP contribution in [-0.4, -0.2) is 48.5 Å². The molecule has 2 heterocycles. The van der Waals surface area contributed by atoms with Crippen LogP contribution in [0.2, 0.25) is 4.34 Å². The topological polar surface area (TPSA) is 32.7 Å². The number of rotatable bonds is 4. The van der Waals surface area contributed by atoms with E-state index in [0.717, 1.165) is 28.8 Å². The summed E-state index contributed by atoms with van der Waals surface area (Å²) in [6, 6.07) is 3.84. The summed E-state index contributed by atoms with van der Waals surface area (Å²) in [7, 11) is 0. The van der Waals surface area contributed by atoms with E-state index in [4.69, 9.17) is 16.3 Å². The van der Waals surface area contributed by atoms with Crippen LogP contribution in [-0.2, 0) is 11.2 Å². The summed E-state index contributed by atoms with van der Waals surface area (Å²) in [4.78, 5) is 3.42. The van der Waals surface area contributed by atoms with Crippen LogP contribution >= 0.6 is 22.9 Å². The first-order chi connectivity index (χ1) is 8.19. The second-order valence-corrected chi connectivity index (χ2v) is 6.08. The number of aliphatic hydroxyl groups is 1. The molecule has 2 rings (SSSR count). The van der Waals surface area contributed by atoms with Crippen LogP contribution in [0.1, 0.15) is 11.8 Å². The Balaban J connectivity index is 1.88. The van der Waals surface area contributed by atoms with Gasteiger partial charge >= 0.3 is 0 Å². The second-order valence-electron chi connectivity index (χ2n) is 4.28. The molecule has 1 saturated heterocycles. The molecule has 3 nitrogen and oxygen atoms in total. The van der Waals surface area contributed by atoms with E-state index in [1.807, 2.05) is 12.1 Å². The lowest BCUT2D eigenvalue weighted by Gasteiger charge is -2.34. The summed E-state index contributed by atoms with van der Waals surface area (Å²) in [6.07, 6.45) is 0.100. The molecule has 17 heavy (non-hydrogen) atoms. The average Bonchev–Trinajstić information content (AvgIpc) is 2.75. The van der Waals surface area contributed by atoms with Crippen molar-refractivity contribution in [2.24, 2.45) is 0 Å². The molecule has 1 aliphatic rings. The number of hydrogen-bond donors (Lipinski definition) is 1. The van der Waals surface area contributed by atoms with Crippen molar-refractivity contribution in [1.29, 1.82) is 0 Å². The number of morpholine rings is 1. The third-order valence-corrected chi connectivity index (χ3v) is 4.35. The van der Waals surface area contributed by atoms with Crippen molar-refractivity contribution < 1.29 is 9.84 Å². The maximum absolute atomic E-state index is 10.2. The van der Waals surface area contributed by atoms with Gasteiger partial charge in [-0.15, -0.1) is 11.3 Å². The van der Waals surface area contributed by atoms with Gasteiger partial charge in [-0.1, -0.05) is 18.5 Å². The number of ether oxygens (including phenoxy) is 1. The van der Waals surface area contributed by atoms with Crippen molar-refractivity contribution in [3.63, 3.8) is 0 Å². The summed E-state index contributed by atoms with van der Waals surface area (Å²) in [5, 5.41) is 10.2. The van der Waals surface area contributed by atoms with Crippen molar-refractivity contribution in [3.8, 4) is 0 Å². The van der Waals surface area contributed by atoms with Gasteiger partial charge in [-0.25, -0.2) is 0 Å². The molecule has 2 unspecified atom stereocenters. The second kappa shape index (κ2) is 6.16. The first kappa shape index (κ1) is 13.3. The van der Waals surface area contributed by atoms with Crippen molar-refractivity contribution in [3.05, 3.63) is 21.3 Å². The van der Waals surface area contributed by atoms with Gasteiger partial charge in [-0.05, 0) is 18.7 Å². The highest BCUT2D eigenvalue weighted by Gasteiger charge is 2.26. The van der Waals surface area contributed by atoms with Gasteiger partial charge in [-0.2, -0.15) is 0 Å². The molecule has 0 radical (unpaired) electrons. The van der Waals surface area contributed by atoms with Crippen LogP contribution in [0, 0.1) is 0 Å². The Labute approximate surface area is 111 Å². The maximum Gasteiger partial charge on any atom is 0.0964 e. The first-order valence-electron chi connectivity index (χ1n) is 5.95. The molecule has 0 amide bonds. The highest BCUT2D eigenvalue weighted by molar-refractivity contribution is 7.16. The van der Waals surface area contributed by atoms with Crippen LogP contribution < -0.4 is 0 Å². The molecule has 2 atom stereocenters. The summed E-state index contributed by atoms with van der Waals surface area (Å²) < 4.78 is 6.40. The smallest absolute Gasteiger partial charge is 0.0964 e. The maximum atomic E-state index is 10.2. The zero-order chi connectivity index (χ0) is 12.3. The van der Waals surface area contributed by atoms with Gasteiger partial charge in [0.2, 0.25) is 0 Å². The fourth-order valence-electron chi connectivity index (χ4n) is 2.05. The third kappa shape index (κ3) is 3.66. The molecule has 0 bridgehead atoms. The van der Waals surface area contributed by atoms with Gasteiger partial charge in [-0.3, -0.25) is 4.90 Å². The van der Waals surface area contributed by atoms with E-state index in [9.17, 15) is 5.11 Å². The fraction of sp³-hybridized carbons (Fsp3) is 0.667. The lowest BCUT2D eigenvalue weighted by molar-refractivity contribution is -0.0865. The summed E-state index contributed by atoms with van der Waals surface area (Å²) in [5.74, 6) is 0. The Morgan fingerprint density at radius 1 is 1.65 bits per heavy atom. The molecule has 5 heteroatoms. The molecule has 1 aromatic rings. The zero-order valence-electron chi connectivity index (χ0n) is 9.93. The van der Waals surface area contributed by atoms with Gasteiger partial charge in [0.05, 0.1) is 23.2 Å². The van der Waals surface area contributed by atoms with Crippen LogP contribution in [0.5, 0.6) is 0 Å². The molecule has 1 N–H and O–H groups in total. The first-order valence-corrected chi connectivity index (χ1v) is 7.14. The molecule has 96 valence electrons. The van der Waals surface area contributed by atoms with Gasteiger partial charge in [0.25, 0.3) is 0 Å². The summed E-state index contributed by atoms with van der Waals surface area (Å²) in [5.41, 5.74) is 0. The van der Waals surface area contributed by atoms with Crippen molar-refractivity contribution >= 4 is 22.9 Å². The Bertz CT molecular complexity index is 358. The molecular formula is C12H18ClNO2S. The van der Waals surface area contributed by atoms with E-state index in [2.05, 4.69) is 11.8 Å². The van der Waals surface area contributed by atoms with E-state index < -0.39 is 6.10 Å². The fourth-order valence-corrected chi connectivity index (χ4v) is 3.19. The Morgan fingerprint density at radius 3 is 3.12 bits per heavy atom. The Morgan fingerprint density at radius 2 is 2.47 bits per heavy atom. The van der Waals surface area contributed by atoms with E-state index in [-0.39, 0.29) is 6.10 Å². The van der Waals surface area contributed by atoms with Gasteiger partial charge in [0.15, 0.2) is 0 Å². The molecule has 0 spiro atoms. The average molecular weight is 276 g/mol. The minimum atomic E-state index is -0.445. The zero-order valence-corrected chi connectivity index (χ0v) is 11.5. The molecule has 0 saturated carbocycles. The summed E-state index contributed by atoms with van der Waals surface area (Å²) in [6.45, 7) is 5.63. The SMILES string of the molecule is CCN1CCOC(C(O)Cc2ccc(Cl)s2)C1. The Hall–Kier alpha value is -0.130. The normalized spacial score (nSPS) is 23.8. The molecule has 1 aliphatic heterocycles. The molecular weight excluding hydrogens is 258 g/mol. The number of nitrogens with zero attached hydrogens (tertiary/aromatic N) is 1. The minimum absolute atomic E-state index is 0.0791. The van der Waals surface area contributed by atoms with E-state index >= 15 is 0 Å². The lowest BCUT2D eigenvalue weighted by Crippen LogP contribution is -2.48.